The molecule has 5 fully saturated rings. The summed E-state index contributed by atoms with van der Waals surface area (Å²) >= 11 is 0. The van der Waals surface area contributed by atoms with Gasteiger partial charge < -0.3 is 34.2 Å². The summed E-state index contributed by atoms with van der Waals surface area (Å²) in [5, 5.41) is 6.21. The van der Waals surface area contributed by atoms with E-state index in [1.807, 2.05) is 53.7 Å². The Balaban J connectivity index is 1.27. The molecule has 11 heteroatoms. The van der Waals surface area contributed by atoms with E-state index in [9.17, 15) is 14.4 Å². The van der Waals surface area contributed by atoms with E-state index in [1.54, 1.807) is 13.2 Å². The molecule has 4 unspecified atom stereocenters. The quantitative estimate of drug-likeness (QED) is 0.208. The lowest BCUT2D eigenvalue weighted by Gasteiger charge is -2.64. The van der Waals surface area contributed by atoms with Gasteiger partial charge in [-0.3, -0.25) is 4.79 Å². The highest BCUT2D eigenvalue weighted by molar-refractivity contribution is 6.48. The SMILES string of the molecule is COc1c(C[C@H](NC(=O)C[C@H]2CC[C@H](CNC(=O)OC(C)(C)C)CC2)B2OC3CC4CC(C4(C)C)C3(C)O2)cccc1C(=O)OC(C)(C)C. The standard InChI is InChI=1S/C38H59BN2O8/c1-35(2,3)46-33(43)27-13-11-12-25(32(27)45-10)19-30(39-48-29-21-26-20-28(37(26,7)8)38(29,9)49-39)41-31(42)18-23-14-16-24(17-15-23)22-40-34(44)47-36(4,5)6/h11-13,23-24,26,28-30H,14-22H2,1-10H3,(H,40,44)(H,41,42)/t23-,24-,26?,28?,29?,30-,38?/m0/s1. The van der Waals surface area contributed by atoms with Gasteiger partial charge in [0.05, 0.1) is 24.8 Å². The van der Waals surface area contributed by atoms with Crippen molar-refractivity contribution < 1.29 is 37.9 Å². The largest absolute Gasteiger partial charge is 0.496 e. The van der Waals surface area contributed by atoms with Crippen LogP contribution in [0.5, 0.6) is 5.75 Å². The Morgan fingerprint density at radius 2 is 1.61 bits per heavy atom. The summed E-state index contributed by atoms with van der Waals surface area (Å²) in [6.45, 7) is 18.5. The molecule has 6 rings (SSSR count). The topological polar surface area (TPSA) is 121 Å². The van der Waals surface area contributed by atoms with Crippen LogP contribution in [0.3, 0.4) is 0 Å². The molecule has 10 nitrogen and oxygen atoms in total. The maximum absolute atomic E-state index is 13.8. The molecule has 1 saturated heterocycles. The summed E-state index contributed by atoms with van der Waals surface area (Å²) in [5.41, 5.74) is -0.316. The molecular weight excluding hydrogens is 623 g/mol. The fourth-order valence-electron chi connectivity index (χ4n) is 8.71. The van der Waals surface area contributed by atoms with Gasteiger partial charge in [0.25, 0.3) is 0 Å². The van der Waals surface area contributed by atoms with Crippen molar-refractivity contribution in [1.82, 2.24) is 10.6 Å². The van der Waals surface area contributed by atoms with Gasteiger partial charge in [0.2, 0.25) is 5.91 Å². The molecule has 1 heterocycles. The van der Waals surface area contributed by atoms with Crippen LogP contribution in [-0.4, -0.2) is 67.6 Å². The molecule has 0 aromatic heterocycles. The van der Waals surface area contributed by atoms with E-state index in [0.29, 0.717) is 48.5 Å². The lowest BCUT2D eigenvalue weighted by Crippen LogP contribution is -2.65. The van der Waals surface area contributed by atoms with Gasteiger partial charge >= 0.3 is 19.2 Å². The molecule has 2 N–H and O–H groups in total. The Morgan fingerprint density at radius 1 is 0.959 bits per heavy atom. The monoisotopic (exact) mass is 682 g/mol. The molecule has 0 radical (unpaired) electrons. The predicted molar refractivity (Wildman–Crippen MR) is 188 cm³/mol. The van der Waals surface area contributed by atoms with Crippen molar-refractivity contribution in [2.75, 3.05) is 13.7 Å². The van der Waals surface area contributed by atoms with Crippen molar-refractivity contribution in [2.45, 2.75) is 143 Å². The number of hydrogen-bond donors (Lipinski definition) is 2. The first-order valence-electron chi connectivity index (χ1n) is 18.3. The van der Waals surface area contributed by atoms with Crippen LogP contribution in [0.1, 0.15) is 123 Å². The number of carbonyl (C=O) groups is 3. The fourth-order valence-corrected chi connectivity index (χ4v) is 8.71. The smallest absolute Gasteiger partial charge is 0.482 e. The summed E-state index contributed by atoms with van der Waals surface area (Å²) in [6.07, 6.45) is 6.14. The molecule has 1 aromatic carbocycles. The first kappa shape index (κ1) is 37.5. The van der Waals surface area contributed by atoms with Crippen molar-refractivity contribution in [3.8, 4) is 5.75 Å². The molecule has 49 heavy (non-hydrogen) atoms. The molecule has 4 saturated carbocycles. The second kappa shape index (κ2) is 14.1. The van der Waals surface area contributed by atoms with E-state index in [-0.39, 0.29) is 29.4 Å². The van der Waals surface area contributed by atoms with Crippen LogP contribution >= 0.6 is 0 Å². The van der Waals surface area contributed by atoms with Crippen molar-refractivity contribution in [3.05, 3.63) is 29.3 Å². The van der Waals surface area contributed by atoms with Crippen LogP contribution in [-0.2, 0) is 30.0 Å². The summed E-state index contributed by atoms with van der Waals surface area (Å²) in [7, 11) is 0.909. The number of para-hydroxylation sites is 1. The number of amides is 2. The van der Waals surface area contributed by atoms with E-state index in [4.69, 9.17) is 23.5 Å². The predicted octanol–water partition coefficient (Wildman–Crippen LogP) is 6.67. The Morgan fingerprint density at radius 3 is 2.22 bits per heavy atom. The number of alkyl carbamates (subject to hydrolysis) is 1. The third-order valence-electron chi connectivity index (χ3n) is 11.4. The zero-order valence-corrected chi connectivity index (χ0v) is 31.4. The van der Waals surface area contributed by atoms with E-state index in [1.165, 1.54) is 0 Å². The van der Waals surface area contributed by atoms with Gasteiger partial charge in [-0.1, -0.05) is 26.0 Å². The summed E-state index contributed by atoms with van der Waals surface area (Å²) < 4.78 is 30.4. The Bertz CT molecular complexity index is 1380. The van der Waals surface area contributed by atoms with Gasteiger partial charge in [-0.15, -0.1) is 0 Å². The average molecular weight is 683 g/mol. The molecule has 0 spiro atoms. The van der Waals surface area contributed by atoms with Crippen LogP contribution in [0.25, 0.3) is 0 Å². The zero-order chi connectivity index (χ0) is 35.9. The highest BCUT2D eigenvalue weighted by Gasteiger charge is 2.68. The van der Waals surface area contributed by atoms with Crippen molar-refractivity contribution in [1.29, 1.82) is 0 Å². The molecule has 5 atom stereocenters. The molecule has 272 valence electrons. The Hall–Kier alpha value is -2.79. The molecule has 4 aliphatic carbocycles. The molecule has 2 bridgehead atoms. The second-order valence-corrected chi connectivity index (χ2v) is 17.7. The van der Waals surface area contributed by atoms with Crippen LogP contribution in [0.4, 0.5) is 4.79 Å². The highest BCUT2D eigenvalue weighted by Crippen LogP contribution is 2.65. The van der Waals surface area contributed by atoms with E-state index in [0.717, 1.165) is 44.1 Å². The lowest BCUT2D eigenvalue weighted by molar-refractivity contribution is -0.199. The van der Waals surface area contributed by atoms with Crippen LogP contribution in [0.2, 0.25) is 0 Å². The fraction of sp³-hybridized carbons (Fsp3) is 0.763. The Labute approximate surface area is 293 Å². The number of esters is 1. The molecule has 5 aliphatic rings. The minimum Gasteiger partial charge on any atom is -0.496 e. The minimum absolute atomic E-state index is 0.0340. The summed E-state index contributed by atoms with van der Waals surface area (Å²) in [5.74, 6) is 1.04. The number of carbonyl (C=O) groups excluding carboxylic acids is 3. The van der Waals surface area contributed by atoms with E-state index < -0.39 is 35.8 Å². The van der Waals surface area contributed by atoms with E-state index >= 15 is 0 Å². The van der Waals surface area contributed by atoms with Gasteiger partial charge in [0.15, 0.2) is 0 Å². The van der Waals surface area contributed by atoms with Crippen LogP contribution in [0, 0.1) is 29.1 Å². The van der Waals surface area contributed by atoms with Gasteiger partial charge in [0, 0.05) is 13.0 Å². The summed E-state index contributed by atoms with van der Waals surface area (Å²) in [4.78, 5) is 39.0. The molecule has 1 aliphatic heterocycles. The third kappa shape index (κ3) is 8.58. The normalized spacial score (nSPS) is 29.6. The number of benzene rings is 1. The van der Waals surface area contributed by atoms with Gasteiger partial charge in [-0.05, 0) is 134 Å². The maximum Gasteiger partial charge on any atom is 0.482 e. The summed E-state index contributed by atoms with van der Waals surface area (Å²) in [6, 6.07) is 5.44. The number of hydrogen-bond acceptors (Lipinski definition) is 8. The van der Waals surface area contributed by atoms with E-state index in [2.05, 4.69) is 31.4 Å². The number of methoxy groups -OCH3 is 1. The van der Waals surface area contributed by atoms with Crippen LogP contribution < -0.4 is 15.4 Å². The maximum atomic E-state index is 13.8. The average Bonchev–Trinajstić information content (AvgIpc) is 3.36. The number of ether oxygens (including phenoxy) is 3. The van der Waals surface area contributed by atoms with Crippen molar-refractivity contribution in [3.63, 3.8) is 0 Å². The molecular formula is C38H59BN2O8. The van der Waals surface area contributed by atoms with Crippen molar-refractivity contribution in [2.24, 2.45) is 29.1 Å². The minimum atomic E-state index is -0.659. The lowest BCUT2D eigenvalue weighted by atomic mass is 9.43. The molecule has 1 aromatic rings. The highest BCUT2D eigenvalue weighted by atomic mass is 16.7. The number of nitrogens with one attached hydrogen (secondary N) is 2. The van der Waals surface area contributed by atoms with Gasteiger partial charge in [-0.2, -0.15) is 0 Å². The van der Waals surface area contributed by atoms with Crippen molar-refractivity contribution >= 4 is 25.1 Å². The molecule has 2 amide bonds. The number of rotatable bonds is 10. The first-order chi connectivity index (χ1) is 22.8. The zero-order valence-electron chi connectivity index (χ0n) is 31.4. The van der Waals surface area contributed by atoms with Gasteiger partial charge in [0.1, 0.15) is 22.5 Å². The Kier molecular flexibility index (Phi) is 10.8. The second-order valence-electron chi connectivity index (χ2n) is 17.7. The third-order valence-corrected chi connectivity index (χ3v) is 11.4. The van der Waals surface area contributed by atoms with Gasteiger partial charge in [-0.25, -0.2) is 9.59 Å². The first-order valence-corrected chi connectivity index (χ1v) is 18.3. The van der Waals surface area contributed by atoms with Crippen LogP contribution in [0.15, 0.2) is 18.2 Å².